The predicted octanol–water partition coefficient (Wildman–Crippen LogP) is 2.73. The largest absolute Gasteiger partial charge is 0.505 e. The maximum Gasteiger partial charge on any atom is 0.225 e. The molecule has 0 aromatic heterocycles. The van der Waals surface area contributed by atoms with E-state index in [1.54, 1.807) is 0 Å². The molecule has 1 amide bonds. The highest BCUT2D eigenvalue weighted by Gasteiger charge is 2.17. The van der Waals surface area contributed by atoms with Gasteiger partial charge in [-0.1, -0.05) is 23.2 Å². The molecule has 1 unspecified atom stereocenters. The maximum atomic E-state index is 11.9. The van der Waals surface area contributed by atoms with Crippen LogP contribution in [0.25, 0.3) is 0 Å². The fourth-order valence-electron chi connectivity index (χ4n) is 1.82. The van der Waals surface area contributed by atoms with E-state index < -0.39 is 0 Å². The zero-order chi connectivity index (χ0) is 13.8. The highest BCUT2D eigenvalue weighted by Crippen LogP contribution is 2.34. The van der Waals surface area contributed by atoms with Crippen molar-refractivity contribution in [3.05, 3.63) is 22.2 Å². The van der Waals surface area contributed by atoms with Crippen molar-refractivity contribution in [1.29, 1.82) is 0 Å². The van der Waals surface area contributed by atoms with Gasteiger partial charge in [0.25, 0.3) is 0 Å². The van der Waals surface area contributed by atoms with Gasteiger partial charge in [-0.3, -0.25) is 4.79 Å². The van der Waals surface area contributed by atoms with E-state index in [9.17, 15) is 9.90 Å². The number of hydrogen-bond donors (Lipinski definition) is 3. The number of rotatable bonds is 3. The highest BCUT2D eigenvalue weighted by atomic mass is 35.5. The summed E-state index contributed by atoms with van der Waals surface area (Å²) in [6, 6.07) is 3.15. The van der Waals surface area contributed by atoms with Gasteiger partial charge >= 0.3 is 0 Å². The smallest absolute Gasteiger partial charge is 0.225 e. The lowest BCUT2D eigenvalue weighted by atomic mass is 10.2. The molecule has 0 radical (unpaired) electrons. The monoisotopic (exact) mass is 320 g/mol. The van der Waals surface area contributed by atoms with Gasteiger partial charge in [-0.25, -0.2) is 0 Å². The number of aromatic hydroxyl groups is 1. The standard InChI is InChI=1S/C12H14Cl2N2O2S/c13-9-3-7(4-10(14)12(9)18)16-11(17)5-8-6-19-2-1-15-8/h3-4,8,15,18H,1-2,5-6H2,(H,16,17). The second kappa shape index (κ2) is 6.70. The van der Waals surface area contributed by atoms with Crippen molar-refractivity contribution in [3.63, 3.8) is 0 Å². The van der Waals surface area contributed by atoms with E-state index in [2.05, 4.69) is 10.6 Å². The Morgan fingerprint density at radius 2 is 2.16 bits per heavy atom. The fourth-order valence-corrected chi connectivity index (χ4v) is 3.26. The number of carbonyl (C=O) groups is 1. The van der Waals surface area contributed by atoms with E-state index in [-0.39, 0.29) is 27.7 Å². The van der Waals surface area contributed by atoms with E-state index >= 15 is 0 Å². The molecule has 7 heteroatoms. The number of phenols is 1. The summed E-state index contributed by atoms with van der Waals surface area (Å²) in [6.07, 6.45) is 0.406. The molecule has 0 spiro atoms. The topological polar surface area (TPSA) is 61.4 Å². The molecule has 1 aliphatic rings. The lowest BCUT2D eigenvalue weighted by Crippen LogP contribution is -2.39. The number of halogens is 2. The molecular weight excluding hydrogens is 307 g/mol. The summed E-state index contributed by atoms with van der Waals surface area (Å²) in [6.45, 7) is 0.930. The first kappa shape index (κ1) is 14.8. The van der Waals surface area contributed by atoms with Crippen LogP contribution in [0, 0.1) is 0 Å². The van der Waals surface area contributed by atoms with Crippen LogP contribution in [0.2, 0.25) is 10.0 Å². The molecule has 19 heavy (non-hydrogen) atoms. The van der Waals surface area contributed by atoms with Crippen molar-refractivity contribution < 1.29 is 9.90 Å². The molecule has 0 bridgehead atoms. The van der Waals surface area contributed by atoms with Crippen LogP contribution in [0.15, 0.2) is 12.1 Å². The zero-order valence-corrected chi connectivity index (χ0v) is 12.4. The van der Waals surface area contributed by atoms with Gasteiger partial charge in [-0.05, 0) is 12.1 Å². The van der Waals surface area contributed by atoms with E-state index in [0.717, 1.165) is 18.1 Å². The summed E-state index contributed by atoms with van der Waals surface area (Å²) >= 11 is 13.4. The second-order valence-corrected chi connectivity index (χ2v) is 6.23. The molecule has 1 aromatic carbocycles. The number of amides is 1. The zero-order valence-electron chi connectivity index (χ0n) is 10.1. The van der Waals surface area contributed by atoms with Crippen molar-refractivity contribution >= 4 is 46.6 Å². The molecule has 1 aromatic rings. The molecule has 1 aliphatic heterocycles. The lowest BCUT2D eigenvalue weighted by Gasteiger charge is -2.22. The molecule has 0 saturated carbocycles. The van der Waals surface area contributed by atoms with Crippen molar-refractivity contribution in [3.8, 4) is 5.75 Å². The minimum Gasteiger partial charge on any atom is -0.505 e. The Hall–Kier alpha value is -0.620. The molecule has 1 atom stereocenters. The van der Waals surface area contributed by atoms with Crippen molar-refractivity contribution in [2.24, 2.45) is 0 Å². The average molecular weight is 321 g/mol. The fraction of sp³-hybridized carbons (Fsp3) is 0.417. The normalized spacial score (nSPS) is 19.2. The number of thioether (sulfide) groups is 1. The summed E-state index contributed by atoms with van der Waals surface area (Å²) in [4.78, 5) is 11.9. The van der Waals surface area contributed by atoms with Gasteiger partial charge in [-0.15, -0.1) is 0 Å². The Kier molecular flexibility index (Phi) is 5.21. The van der Waals surface area contributed by atoms with Crippen LogP contribution in [0.5, 0.6) is 5.75 Å². The summed E-state index contributed by atoms with van der Waals surface area (Å²) in [7, 11) is 0. The number of hydrogen-bond acceptors (Lipinski definition) is 4. The first-order chi connectivity index (χ1) is 9.06. The van der Waals surface area contributed by atoms with Crippen LogP contribution < -0.4 is 10.6 Å². The van der Waals surface area contributed by atoms with Gasteiger partial charge in [0.15, 0.2) is 5.75 Å². The van der Waals surface area contributed by atoms with Gasteiger partial charge in [0.2, 0.25) is 5.91 Å². The molecular formula is C12H14Cl2N2O2S. The van der Waals surface area contributed by atoms with Crippen molar-refractivity contribution in [2.45, 2.75) is 12.5 Å². The highest BCUT2D eigenvalue weighted by molar-refractivity contribution is 7.99. The Morgan fingerprint density at radius 1 is 1.47 bits per heavy atom. The quantitative estimate of drug-likeness (QED) is 0.749. The third-order valence-corrected chi connectivity index (χ3v) is 4.44. The van der Waals surface area contributed by atoms with E-state index in [0.29, 0.717) is 12.1 Å². The van der Waals surface area contributed by atoms with Crippen LogP contribution in [-0.2, 0) is 4.79 Å². The molecule has 1 saturated heterocycles. The third-order valence-electron chi connectivity index (χ3n) is 2.73. The first-order valence-electron chi connectivity index (χ1n) is 5.85. The maximum absolute atomic E-state index is 11.9. The average Bonchev–Trinajstić information content (AvgIpc) is 2.37. The van der Waals surface area contributed by atoms with E-state index in [1.807, 2.05) is 11.8 Å². The molecule has 3 N–H and O–H groups in total. The van der Waals surface area contributed by atoms with Crippen LogP contribution in [0.3, 0.4) is 0 Å². The summed E-state index contributed by atoms with van der Waals surface area (Å²) in [5.74, 6) is 1.75. The minimum absolute atomic E-state index is 0.0992. The number of anilines is 1. The number of nitrogens with one attached hydrogen (secondary N) is 2. The van der Waals surface area contributed by atoms with Crippen molar-refractivity contribution in [2.75, 3.05) is 23.4 Å². The van der Waals surface area contributed by atoms with Gasteiger partial charge in [0, 0.05) is 36.2 Å². The van der Waals surface area contributed by atoms with Gasteiger partial charge in [0.05, 0.1) is 10.0 Å². The minimum atomic E-state index is -0.174. The summed E-state index contributed by atoms with van der Waals surface area (Å²) in [5, 5.41) is 15.7. The molecule has 104 valence electrons. The molecule has 4 nitrogen and oxygen atoms in total. The van der Waals surface area contributed by atoms with Crippen LogP contribution in [-0.4, -0.2) is 35.1 Å². The SMILES string of the molecule is O=C(CC1CSCCN1)Nc1cc(Cl)c(O)c(Cl)c1. The van der Waals surface area contributed by atoms with Crippen LogP contribution in [0.1, 0.15) is 6.42 Å². The second-order valence-electron chi connectivity index (χ2n) is 4.27. The lowest BCUT2D eigenvalue weighted by molar-refractivity contribution is -0.116. The van der Waals surface area contributed by atoms with Gasteiger partial charge in [0.1, 0.15) is 0 Å². The number of carbonyl (C=O) groups excluding carboxylic acids is 1. The van der Waals surface area contributed by atoms with E-state index in [1.165, 1.54) is 12.1 Å². The molecule has 1 fully saturated rings. The van der Waals surface area contributed by atoms with Crippen LogP contribution in [0.4, 0.5) is 5.69 Å². The molecule has 1 heterocycles. The Labute approximate surface area is 125 Å². The molecule has 0 aliphatic carbocycles. The number of phenolic OH excluding ortho intramolecular Hbond substituents is 1. The summed E-state index contributed by atoms with van der Waals surface area (Å²) < 4.78 is 0. The first-order valence-corrected chi connectivity index (χ1v) is 7.76. The van der Waals surface area contributed by atoms with E-state index in [4.69, 9.17) is 23.2 Å². The summed E-state index contributed by atoms with van der Waals surface area (Å²) in [5.41, 5.74) is 0.487. The predicted molar refractivity (Wildman–Crippen MR) is 80.5 cm³/mol. The van der Waals surface area contributed by atoms with Crippen molar-refractivity contribution in [1.82, 2.24) is 5.32 Å². The molecule has 2 rings (SSSR count). The van der Waals surface area contributed by atoms with Gasteiger partial charge < -0.3 is 15.7 Å². The Bertz CT molecular complexity index is 456. The third kappa shape index (κ3) is 4.18. The van der Waals surface area contributed by atoms with Crippen LogP contribution >= 0.6 is 35.0 Å². The Morgan fingerprint density at radius 3 is 2.74 bits per heavy atom. The van der Waals surface area contributed by atoms with Gasteiger partial charge in [-0.2, -0.15) is 11.8 Å². The Balaban J connectivity index is 1.94. The number of benzene rings is 1.